The third kappa shape index (κ3) is 4.74. The summed E-state index contributed by atoms with van der Waals surface area (Å²) in [5, 5.41) is 3.79. The topological polar surface area (TPSA) is 67.8 Å². The molecule has 0 spiro atoms. The van der Waals surface area contributed by atoms with Gasteiger partial charge in [0.1, 0.15) is 0 Å². The number of hydrogen-bond acceptors (Lipinski definition) is 4. The molecule has 0 aliphatic carbocycles. The molecule has 1 aliphatic rings. The molecule has 1 heterocycles. The molecule has 0 saturated carbocycles. The molecule has 162 valence electrons. The smallest absolute Gasteiger partial charge is 0.374 e. The standard InChI is InChI=1S/C19H17Cl2F3N2O3S/c1-2-30(27,28)25-11-12-3-5-13(6-4-12)17-10-18(29-26-17,19(22,23)24)14-7-15(20)9-16(21)8-14/h3-9,25H,2,10-11H2,1H3. The van der Waals surface area contributed by atoms with Gasteiger partial charge in [0.25, 0.3) is 5.60 Å². The minimum absolute atomic E-state index is 0.0493. The molecular weight excluding hydrogens is 464 g/mol. The van der Waals surface area contributed by atoms with Gasteiger partial charge in [-0.3, -0.25) is 0 Å². The summed E-state index contributed by atoms with van der Waals surface area (Å²) in [5.41, 5.74) is -1.76. The zero-order chi connectivity index (χ0) is 22.2. The van der Waals surface area contributed by atoms with Gasteiger partial charge in [-0.2, -0.15) is 13.2 Å². The van der Waals surface area contributed by atoms with Crippen molar-refractivity contribution in [2.75, 3.05) is 5.75 Å². The van der Waals surface area contributed by atoms with Crippen LogP contribution in [0.1, 0.15) is 30.0 Å². The first-order chi connectivity index (χ1) is 14.0. The predicted octanol–water partition coefficient (Wildman–Crippen LogP) is 5.01. The molecule has 0 amide bonds. The predicted molar refractivity (Wildman–Crippen MR) is 109 cm³/mol. The van der Waals surface area contributed by atoms with E-state index in [1.54, 1.807) is 24.3 Å². The summed E-state index contributed by atoms with van der Waals surface area (Å²) in [6.07, 6.45) is -5.33. The highest BCUT2D eigenvalue weighted by Crippen LogP contribution is 2.49. The normalized spacial score (nSPS) is 19.5. The summed E-state index contributed by atoms with van der Waals surface area (Å²) in [5.74, 6) is -0.0493. The van der Waals surface area contributed by atoms with E-state index in [1.165, 1.54) is 13.0 Å². The minimum atomic E-state index is -4.77. The van der Waals surface area contributed by atoms with Crippen LogP contribution in [0.15, 0.2) is 47.6 Å². The Morgan fingerprint density at radius 3 is 2.27 bits per heavy atom. The first-order valence-electron chi connectivity index (χ1n) is 8.81. The molecule has 0 saturated heterocycles. The van der Waals surface area contributed by atoms with Crippen molar-refractivity contribution in [1.82, 2.24) is 4.72 Å². The van der Waals surface area contributed by atoms with Gasteiger partial charge in [-0.15, -0.1) is 0 Å². The van der Waals surface area contributed by atoms with Crippen molar-refractivity contribution < 1.29 is 26.4 Å². The first kappa shape index (κ1) is 22.9. The number of nitrogens with zero attached hydrogens (tertiary/aromatic N) is 1. The molecule has 1 atom stereocenters. The molecule has 30 heavy (non-hydrogen) atoms. The van der Waals surface area contributed by atoms with E-state index in [2.05, 4.69) is 9.88 Å². The Bertz CT molecular complexity index is 1050. The number of sulfonamides is 1. The van der Waals surface area contributed by atoms with Crippen LogP contribution in [0.4, 0.5) is 13.2 Å². The van der Waals surface area contributed by atoms with Crippen LogP contribution in [0.5, 0.6) is 0 Å². The zero-order valence-corrected chi connectivity index (χ0v) is 18.0. The lowest BCUT2D eigenvalue weighted by Gasteiger charge is -2.29. The maximum atomic E-state index is 14.0. The minimum Gasteiger partial charge on any atom is -0.374 e. The fourth-order valence-electron chi connectivity index (χ4n) is 2.96. The maximum absolute atomic E-state index is 14.0. The van der Waals surface area contributed by atoms with Gasteiger partial charge in [-0.1, -0.05) is 52.6 Å². The lowest BCUT2D eigenvalue weighted by Crippen LogP contribution is -2.42. The van der Waals surface area contributed by atoms with E-state index in [9.17, 15) is 21.6 Å². The van der Waals surface area contributed by atoms with Gasteiger partial charge in [-0.05, 0) is 36.2 Å². The Morgan fingerprint density at radius 1 is 1.13 bits per heavy atom. The van der Waals surface area contributed by atoms with Gasteiger partial charge in [-0.25, -0.2) is 13.1 Å². The molecule has 0 bridgehead atoms. The third-order valence-corrected chi connectivity index (χ3v) is 6.46. The van der Waals surface area contributed by atoms with Crippen LogP contribution < -0.4 is 4.72 Å². The number of hydrogen-bond donors (Lipinski definition) is 1. The second-order valence-corrected chi connectivity index (χ2v) is 9.68. The van der Waals surface area contributed by atoms with Crippen molar-refractivity contribution in [3.8, 4) is 0 Å². The summed E-state index contributed by atoms with van der Waals surface area (Å²) in [4.78, 5) is 4.96. The van der Waals surface area contributed by atoms with Crippen LogP contribution in [0.25, 0.3) is 0 Å². The molecule has 11 heteroatoms. The largest absolute Gasteiger partial charge is 0.435 e. The zero-order valence-electron chi connectivity index (χ0n) is 15.6. The van der Waals surface area contributed by atoms with Gasteiger partial charge in [0.05, 0.1) is 11.5 Å². The van der Waals surface area contributed by atoms with Crippen molar-refractivity contribution in [3.05, 3.63) is 69.2 Å². The number of oxime groups is 1. The van der Waals surface area contributed by atoms with E-state index in [1.807, 2.05) is 0 Å². The molecule has 0 aromatic heterocycles. The van der Waals surface area contributed by atoms with Crippen LogP contribution in [-0.4, -0.2) is 26.1 Å². The summed E-state index contributed by atoms with van der Waals surface area (Å²) < 4.78 is 67.5. The monoisotopic (exact) mass is 480 g/mol. The quantitative estimate of drug-likeness (QED) is 0.631. The maximum Gasteiger partial charge on any atom is 0.435 e. The second kappa shape index (κ2) is 8.37. The van der Waals surface area contributed by atoms with E-state index in [0.29, 0.717) is 11.1 Å². The molecule has 1 N–H and O–H groups in total. The second-order valence-electron chi connectivity index (χ2n) is 6.71. The summed E-state index contributed by atoms with van der Waals surface area (Å²) >= 11 is 11.8. The lowest BCUT2D eigenvalue weighted by molar-refractivity contribution is -0.275. The molecule has 3 rings (SSSR count). The first-order valence-corrected chi connectivity index (χ1v) is 11.2. The number of rotatable bonds is 6. The van der Waals surface area contributed by atoms with Crippen molar-refractivity contribution in [3.63, 3.8) is 0 Å². The molecule has 1 aliphatic heterocycles. The van der Waals surface area contributed by atoms with Gasteiger partial charge in [0.15, 0.2) is 0 Å². The van der Waals surface area contributed by atoms with Crippen molar-refractivity contribution in [1.29, 1.82) is 0 Å². The van der Waals surface area contributed by atoms with Crippen molar-refractivity contribution >= 4 is 38.9 Å². The number of nitrogens with one attached hydrogen (secondary N) is 1. The van der Waals surface area contributed by atoms with Gasteiger partial charge in [0.2, 0.25) is 10.0 Å². The molecular formula is C19H17Cl2F3N2O3S. The van der Waals surface area contributed by atoms with Gasteiger partial charge in [0, 0.05) is 28.6 Å². The fourth-order valence-corrected chi connectivity index (χ4v) is 4.07. The lowest BCUT2D eigenvalue weighted by atomic mass is 9.86. The van der Waals surface area contributed by atoms with Crippen LogP contribution in [-0.2, 0) is 27.0 Å². The van der Waals surface area contributed by atoms with E-state index < -0.39 is 28.2 Å². The molecule has 0 radical (unpaired) electrons. The van der Waals surface area contributed by atoms with Crippen LogP contribution in [0, 0.1) is 0 Å². The van der Waals surface area contributed by atoms with Gasteiger partial charge < -0.3 is 4.84 Å². The van der Waals surface area contributed by atoms with Gasteiger partial charge >= 0.3 is 6.18 Å². The average molecular weight is 481 g/mol. The Balaban J connectivity index is 1.84. The SMILES string of the molecule is CCS(=O)(=O)NCc1ccc(C2=NOC(c3cc(Cl)cc(Cl)c3)(C(F)(F)F)C2)cc1. The summed E-state index contributed by atoms with van der Waals surface area (Å²) in [6, 6.07) is 9.99. The van der Waals surface area contributed by atoms with E-state index >= 15 is 0 Å². The van der Waals surface area contributed by atoms with Crippen LogP contribution in [0.2, 0.25) is 10.0 Å². The van der Waals surface area contributed by atoms with E-state index in [4.69, 9.17) is 28.0 Å². The highest BCUT2D eigenvalue weighted by Gasteiger charge is 2.62. The number of alkyl halides is 3. The molecule has 2 aromatic carbocycles. The summed E-state index contributed by atoms with van der Waals surface area (Å²) in [6.45, 7) is 1.59. The van der Waals surface area contributed by atoms with Crippen molar-refractivity contribution in [2.45, 2.75) is 31.7 Å². The molecule has 5 nitrogen and oxygen atoms in total. The molecule has 1 unspecified atom stereocenters. The fraction of sp³-hybridized carbons (Fsp3) is 0.316. The highest BCUT2D eigenvalue weighted by atomic mass is 35.5. The van der Waals surface area contributed by atoms with E-state index in [0.717, 1.165) is 12.1 Å². The average Bonchev–Trinajstić information content (AvgIpc) is 3.13. The summed E-state index contributed by atoms with van der Waals surface area (Å²) in [7, 11) is -3.35. The number of benzene rings is 2. The number of halogens is 5. The Hall–Kier alpha value is -1.81. The molecule has 2 aromatic rings. The highest BCUT2D eigenvalue weighted by molar-refractivity contribution is 7.89. The Labute approximate surface area is 181 Å². The van der Waals surface area contributed by atoms with E-state index in [-0.39, 0.29) is 33.6 Å². The molecule has 0 fully saturated rings. The Morgan fingerprint density at radius 2 is 1.73 bits per heavy atom. The van der Waals surface area contributed by atoms with Crippen LogP contribution in [0.3, 0.4) is 0 Å². The Kier molecular flexibility index (Phi) is 6.38. The van der Waals surface area contributed by atoms with Crippen LogP contribution >= 0.6 is 23.2 Å². The third-order valence-electron chi connectivity index (χ3n) is 4.68. The van der Waals surface area contributed by atoms with Crippen molar-refractivity contribution in [2.24, 2.45) is 5.16 Å².